The van der Waals surface area contributed by atoms with Gasteiger partial charge in [0, 0.05) is 44.8 Å². The largest absolute Gasteiger partial charge is 0.497 e. The van der Waals surface area contributed by atoms with Gasteiger partial charge in [-0.25, -0.2) is 0 Å². The van der Waals surface area contributed by atoms with Crippen molar-refractivity contribution < 1.29 is 9.53 Å². The molecule has 0 atom stereocenters. The van der Waals surface area contributed by atoms with Crippen LogP contribution in [0.25, 0.3) is 5.65 Å². The fraction of sp³-hybridized carbons (Fsp3) is 0.321. The molecule has 5 rings (SSSR count). The lowest BCUT2D eigenvalue weighted by Crippen LogP contribution is -2.38. The van der Waals surface area contributed by atoms with Crippen molar-refractivity contribution in [3.8, 4) is 5.75 Å². The van der Waals surface area contributed by atoms with Crippen molar-refractivity contribution in [2.24, 2.45) is 0 Å². The average Bonchev–Trinajstić information content (AvgIpc) is 3.35. The Morgan fingerprint density at radius 2 is 1.81 bits per heavy atom. The van der Waals surface area contributed by atoms with Crippen LogP contribution in [0, 0.1) is 6.92 Å². The summed E-state index contributed by atoms with van der Waals surface area (Å²) in [4.78, 5) is 28.9. The predicted octanol–water partition coefficient (Wildman–Crippen LogP) is 3.32. The normalized spacial score (nSPS) is 13.5. The number of methoxy groups -OCH3 is 1. The van der Waals surface area contributed by atoms with Crippen LogP contribution in [0.1, 0.15) is 45.2 Å². The van der Waals surface area contributed by atoms with Gasteiger partial charge in [0.15, 0.2) is 5.65 Å². The highest BCUT2D eigenvalue weighted by molar-refractivity contribution is 5.99. The van der Waals surface area contributed by atoms with Crippen LogP contribution in [-0.2, 0) is 32.6 Å². The number of benzene rings is 2. The van der Waals surface area contributed by atoms with Gasteiger partial charge in [0.25, 0.3) is 11.5 Å². The molecular formula is C28H31N5O3. The first-order chi connectivity index (χ1) is 17.5. The van der Waals surface area contributed by atoms with Crippen LogP contribution in [0.2, 0.25) is 0 Å². The number of amides is 1. The minimum absolute atomic E-state index is 0.151. The molecule has 1 amide bonds. The number of hydrogen-bond donors (Lipinski definition) is 1. The van der Waals surface area contributed by atoms with Gasteiger partial charge in [-0.05, 0) is 37.1 Å². The molecule has 8 nitrogen and oxygen atoms in total. The summed E-state index contributed by atoms with van der Waals surface area (Å²) in [5, 5.41) is 7.32. The van der Waals surface area contributed by atoms with Gasteiger partial charge in [-0.3, -0.25) is 14.5 Å². The topological polar surface area (TPSA) is 80.9 Å². The SMILES string of the molecule is CCn1c2c(c(=O)n3ncc(C(=O)NCc4ccc(C)cc4)c13)CN(Cc1ccc(OC)cc1)CC2. The summed E-state index contributed by atoms with van der Waals surface area (Å²) >= 11 is 0. The van der Waals surface area contributed by atoms with E-state index in [4.69, 9.17) is 4.74 Å². The zero-order chi connectivity index (χ0) is 25.2. The van der Waals surface area contributed by atoms with Gasteiger partial charge in [0.2, 0.25) is 0 Å². The van der Waals surface area contributed by atoms with E-state index < -0.39 is 0 Å². The van der Waals surface area contributed by atoms with Crippen LogP contribution in [-0.4, -0.2) is 38.6 Å². The number of hydrogen-bond acceptors (Lipinski definition) is 5. The van der Waals surface area contributed by atoms with Crippen LogP contribution in [0.15, 0.2) is 59.5 Å². The number of aromatic nitrogens is 3. The monoisotopic (exact) mass is 485 g/mol. The van der Waals surface area contributed by atoms with E-state index >= 15 is 0 Å². The van der Waals surface area contributed by atoms with Crippen molar-refractivity contribution in [2.45, 2.75) is 46.4 Å². The molecule has 36 heavy (non-hydrogen) atoms. The van der Waals surface area contributed by atoms with E-state index in [2.05, 4.69) is 32.0 Å². The van der Waals surface area contributed by atoms with Crippen molar-refractivity contribution in [2.75, 3.05) is 13.7 Å². The number of ether oxygens (including phenoxy) is 1. The highest BCUT2D eigenvalue weighted by Crippen LogP contribution is 2.23. The third kappa shape index (κ3) is 4.52. The van der Waals surface area contributed by atoms with Gasteiger partial charge < -0.3 is 14.6 Å². The molecule has 0 saturated carbocycles. The molecule has 8 heteroatoms. The predicted molar refractivity (Wildman–Crippen MR) is 138 cm³/mol. The van der Waals surface area contributed by atoms with Crippen molar-refractivity contribution in [1.82, 2.24) is 24.4 Å². The lowest BCUT2D eigenvalue weighted by atomic mass is 10.0. The Hall–Kier alpha value is -3.91. The van der Waals surface area contributed by atoms with Gasteiger partial charge in [-0.2, -0.15) is 9.61 Å². The van der Waals surface area contributed by atoms with Gasteiger partial charge in [0.1, 0.15) is 11.3 Å². The molecule has 2 aromatic carbocycles. The van der Waals surface area contributed by atoms with Gasteiger partial charge in [-0.1, -0.05) is 42.0 Å². The smallest absolute Gasteiger partial charge is 0.279 e. The van der Waals surface area contributed by atoms with Crippen LogP contribution >= 0.6 is 0 Å². The van der Waals surface area contributed by atoms with E-state index in [1.807, 2.05) is 50.2 Å². The maximum Gasteiger partial charge on any atom is 0.279 e. The highest BCUT2D eigenvalue weighted by Gasteiger charge is 2.27. The molecule has 0 fully saturated rings. The number of nitrogens with one attached hydrogen (secondary N) is 1. The number of rotatable bonds is 7. The fourth-order valence-electron chi connectivity index (χ4n) is 4.91. The summed E-state index contributed by atoms with van der Waals surface area (Å²) in [6, 6.07) is 16.1. The fourth-order valence-corrected chi connectivity index (χ4v) is 4.91. The third-order valence-corrected chi connectivity index (χ3v) is 6.87. The molecular weight excluding hydrogens is 454 g/mol. The Morgan fingerprint density at radius 3 is 2.50 bits per heavy atom. The molecule has 0 saturated heterocycles. The second kappa shape index (κ2) is 9.99. The zero-order valence-electron chi connectivity index (χ0n) is 21.0. The van der Waals surface area contributed by atoms with E-state index in [1.165, 1.54) is 21.8 Å². The van der Waals surface area contributed by atoms with Gasteiger partial charge >= 0.3 is 0 Å². The minimum atomic E-state index is -0.232. The maximum atomic E-state index is 13.5. The van der Waals surface area contributed by atoms with E-state index in [1.54, 1.807) is 7.11 Å². The van der Waals surface area contributed by atoms with Crippen molar-refractivity contribution in [1.29, 1.82) is 0 Å². The number of fused-ring (bicyclic) bond motifs is 2. The lowest BCUT2D eigenvalue weighted by molar-refractivity contribution is 0.0952. The molecule has 2 aromatic heterocycles. The molecule has 0 radical (unpaired) electrons. The highest BCUT2D eigenvalue weighted by atomic mass is 16.5. The molecule has 0 spiro atoms. The molecule has 4 aromatic rings. The zero-order valence-corrected chi connectivity index (χ0v) is 21.0. The summed E-state index contributed by atoms with van der Waals surface area (Å²) in [7, 11) is 1.66. The summed E-state index contributed by atoms with van der Waals surface area (Å²) in [5.41, 5.74) is 5.94. The Balaban J connectivity index is 1.41. The average molecular weight is 486 g/mol. The molecule has 1 aliphatic rings. The molecule has 3 heterocycles. The second-order valence-corrected chi connectivity index (χ2v) is 9.25. The Labute approximate surface area is 210 Å². The quantitative estimate of drug-likeness (QED) is 0.434. The van der Waals surface area contributed by atoms with Gasteiger partial charge in [0.05, 0.1) is 18.9 Å². The van der Waals surface area contributed by atoms with E-state index in [0.29, 0.717) is 30.8 Å². The first-order valence-electron chi connectivity index (χ1n) is 12.3. The number of nitrogens with zero attached hydrogens (tertiary/aromatic N) is 4. The summed E-state index contributed by atoms with van der Waals surface area (Å²) in [5.74, 6) is 0.595. The van der Waals surface area contributed by atoms with Crippen LogP contribution in [0.3, 0.4) is 0 Å². The summed E-state index contributed by atoms with van der Waals surface area (Å²) < 4.78 is 8.72. The number of aryl methyl sites for hydroxylation is 2. The number of carbonyl (C=O) groups excluding carboxylic acids is 1. The maximum absolute atomic E-state index is 13.5. The Morgan fingerprint density at radius 1 is 1.08 bits per heavy atom. The van der Waals surface area contributed by atoms with Crippen molar-refractivity contribution in [3.63, 3.8) is 0 Å². The van der Waals surface area contributed by atoms with E-state index in [9.17, 15) is 9.59 Å². The lowest BCUT2D eigenvalue weighted by Gasteiger charge is -2.30. The molecule has 0 bridgehead atoms. The third-order valence-electron chi connectivity index (χ3n) is 6.87. The first kappa shape index (κ1) is 23.8. The molecule has 0 unspecified atom stereocenters. The molecule has 1 N–H and O–H groups in total. The number of carbonyl (C=O) groups is 1. The van der Waals surface area contributed by atoms with Gasteiger partial charge in [-0.15, -0.1) is 0 Å². The van der Waals surface area contributed by atoms with Crippen molar-refractivity contribution in [3.05, 3.63) is 98.6 Å². The first-order valence-corrected chi connectivity index (χ1v) is 12.3. The van der Waals surface area contributed by atoms with Crippen LogP contribution < -0.4 is 15.6 Å². The molecule has 0 aliphatic carbocycles. The second-order valence-electron chi connectivity index (χ2n) is 9.25. The van der Waals surface area contributed by atoms with Crippen LogP contribution in [0.4, 0.5) is 0 Å². The molecule has 1 aliphatic heterocycles. The van der Waals surface area contributed by atoms with E-state index in [0.717, 1.165) is 42.1 Å². The summed E-state index contributed by atoms with van der Waals surface area (Å²) in [6.45, 7) is 7.26. The van der Waals surface area contributed by atoms with Crippen molar-refractivity contribution >= 4 is 11.6 Å². The van der Waals surface area contributed by atoms with Crippen LogP contribution in [0.5, 0.6) is 5.75 Å². The molecule has 186 valence electrons. The summed E-state index contributed by atoms with van der Waals surface area (Å²) in [6.07, 6.45) is 2.24. The Bertz CT molecular complexity index is 1450. The van der Waals surface area contributed by atoms with E-state index in [-0.39, 0.29) is 11.5 Å². The standard InChI is InChI=1S/C28H31N5O3/c1-4-32-25-13-14-31(17-21-9-11-22(36-3)12-10-21)18-24(25)28(35)33-27(32)23(16-30-33)26(34)29-15-20-7-5-19(2)6-8-20/h5-12,16H,4,13-15,17-18H2,1-3H3,(H,29,34). The minimum Gasteiger partial charge on any atom is -0.497 e. The Kier molecular flexibility index (Phi) is 6.61.